The fourth-order valence-corrected chi connectivity index (χ4v) is 3.07. The first-order chi connectivity index (χ1) is 12.1. The van der Waals surface area contributed by atoms with Crippen LogP contribution < -0.4 is 9.47 Å². The maximum absolute atomic E-state index is 5.85. The maximum atomic E-state index is 5.85. The lowest BCUT2D eigenvalue weighted by Crippen LogP contribution is -2.04. The zero-order chi connectivity index (χ0) is 17.8. The van der Waals surface area contributed by atoms with Crippen molar-refractivity contribution < 1.29 is 9.47 Å². The van der Waals surface area contributed by atoms with Gasteiger partial charge in [-0.1, -0.05) is 12.1 Å². The first kappa shape index (κ1) is 17.3. The van der Waals surface area contributed by atoms with E-state index in [2.05, 4.69) is 37.5 Å². The lowest BCUT2D eigenvalue weighted by Gasteiger charge is -2.11. The number of aromatic nitrogens is 2. The molecule has 4 heteroatoms. The predicted molar refractivity (Wildman–Crippen MR) is 102 cm³/mol. The van der Waals surface area contributed by atoms with Crippen LogP contribution in [-0.2, 0) is 6.54 Å². The monoisotopic (exact) mass is 338 g/mol. The summed E-state index contributed by atoms with van der Waals surface area (Å²) in [5.74, 6) is 2.66. The summed E-state index contributed by atoms with van der Waals surface area (Å²) in [5, 5.41) is 0. The lowest BCUT2D eigenvalue weighted by atomic mass is 10.1. The van der Waals surface area contributed by atoms with E-state index in [-0.39, 0.29) is 0 Å². The number of imidazole rings is 1. The molecule has 3 aromatic rings. The van der Waals surface area contributed by atoms with Crippen LogP contribution in [-0.4, -0.2) is 23.3 Å². The van der Waals surface area contributed by atoms with Crippen molar-refractivity contribution in [2.75, 3.05) is 13.7 Å². The molecule has 0 unspecified atom stereocenters. The number of unbranched alkanes of at least 4 members (excludes halogenated alkanes) is 1. The summed E-state index contributed by atoms with van der Waals surface area (Å²) >= 11 is 0. The minimum atomic E-state index is 0.685. The van der Waals surface area contributed by atoms with Crippen LogP contribution in [0.2, 0.25) is 0 Å². The summed E-state index contributed by atoms with van der Waals surface area (Å²) in [4.78, 5) is 4.70. The Labute approximate surface area is 149 Å². The molecule has 0 aliphatic heterocycles. The quantitative estimate of drug-likeness (QED) is 0.579. The van der Waals surface area contributed by atoms with Crippen molar-refractivity contribution in [3.63, 3.8) is 0 Å². The number of benzene rings is 2. The molecule has 0 amide bonds. The van der Waals surface area contributed by atoms with Crippen molar-refractivity contribution in [3.05, 3.63) is 53.3 Å². The predicted octanol–water partition coefficient (Wildman–Crippen LogP) is 4.83. The average molecular weight is 338 g/mol. The molecular weight excluding hydrogens is 312 g/mol. The minimum Gasteiger partial charge on any atom is -0.493 e. The van der Waals surface area contributed by atoms with Gasteiger partial charge in [-0.25, -0.2) is 4.98 Å². The number of para-hydroxylation sites is 2. The Morgan fingerprint density at radius 2 is 1.68 bits per heavy atom. The van der Waals surface area contributed by atoms with Crippen molar-refractivity contribution in [2.45, 2.75) is 40.2 Å². The van der Waals surface area contributed by atoms with Gasteiger partial charge in [-0.05, 0) is 69.0 Å². The van der Waals surface area contributed by atoms with Crippen LogP contribution in [0.4, 0.5) is 0 Å². The van der Waals surface area contributed by atoms with Gasteiger partial charge in [-0.2, -0.15) is 0 Å². The number of rotatable bonds is 7. The van der Waals surface area contributed by atoms with Gasteiger partial charge in [0.2, 0.25) is 0 Å². The highest BCUT2D eigenvalue weighted by molar-refractivity contribution is 5.78. The number of fused-ring (bicyclic) bond motifs is 1. The normalized spacial score (nSPS) is 11.0. The van der Waals surface area contributed by atoms with Crippen LogP contribution in [0.1, 0.15) is 29.8 Å². The Morgan fingerprint density at radius 1 is 0.960 bits per heavy atom. The Hall–Kier alpha value is -2.49. The fraction of sp³-hybridized carbons (Fsp3) is 0.381. The van der Waals surface area contributed by atoms with E-state index in [1.54, 1.807) is 7.11 Å². The number of aryl methyl sites for hydroxylation is 4. The summed E-state index contributed by atoms with van der Waals surface area (Å²) < 4.78 is 13.5. The molecule has 0 saturated carbocycles. The first-order valence-electron chi connectivity index (χ1n) is 8.80. The molecule has 132 valence electrons. The standard InChI is InChI=1S/C21H26N2O2/c1-15-13-18-19(14-16(15)2)23(17(3)22-18)11-7-8-12-25-21-10-6-5-9-20(21)24-4/h5-6,9-10,13-14H,7-8,11-12H2,1-4H3. The van der Waals surface area contributed by atoms with E-state index in [9.17, 15) is 0 Å². The maximum Gasteiger partial charge on any atom is 0.161 e. The molecule has 0 saturated heterocycles. The molecule has 2 aromatic carbocycles. The van der Waals surface area contributed by atoms with Crippen molar-refractivity contribution in [3.8, 4) is 11.5 Å². The van der Waals surface area contributed by atoms with Crippen molar-refractivity contribution in [2.24, 2.45) is 0 Å². The van der Waals surface area contributed by atoms with E-state index >= 15 is 0 Å². The second kappa shape index (κ2) is 7.60. The van der Waals surface area contributed by atoms with Gasteiger partial charge in [0.05, 0.1) is 24.8 Å². The fourth-order valence-electron chi connectivity index (χ4n) is 3.07. The molecule has 0 aliphatic carbocycles. The number of methoxy groups -OCH3 is 1. The lowest BCUT2D eigenvalue weighted by molar-refractivity contribution is 0.284. The molecule has 0 N–H and O–H groups in total. The second-order valence-corrected chi connectivity index (χ2v) is 6.44. The highest BCUT2D eigenvalue weighted by Gasteiger charge is 2.09. The van der Waals surface area contributed by atoms with Crippen LogP contribution >= 0.6 is 0 Å². The molecule has 1 heterocycles. The van der Waals surface area contributed by atoms with E-state index in [4.69, 9.17) is 14.5 Å². The van der Waals surface area contributed by atoms with Crippen LogP contribution in [0.5, 0.6) is 11.5 Å². The molecule has 0 spiro atoms. The Morgan fingerprint density at radius 3 is 2.44 bits per heavy atom. The van der Waals surface area contributed by atoms with Crippen LogP contribution in [0.3, 0.4) is 0 Å². The smallest absolute Gasteiger partial charge is 0.161 e. The SMILES string of the molecule is COc1ccccc1OCCCCn1c(C)nc2cc(C)c(C)cc21. The van der Waals surface area contributed by atoms with Gasteiger partial charge in [0, 0.05) is 6.54 Å². The zero-order valence-electron chi connectivity index (χ0n) is 15.5. The largest absolute Gasteiger partial charge is 0.493 e. The van der Waals surface area contributed by atoms with Crippen LogP contribution in [0.15, 0.2) is 36.4 Å². The highest BCUT2D eigenvalue weighted by Crippen LogP contribution is 2.26. The molecule has 0 fully saturated rings. The third-order valence-electron chi connectivity index (χ3n) is 4.66. The molecule has 0 bridgehead atoms. The van der Waals surface area contributed by atoms with Crippen molar-refractivity contribution >= 4 is 11.0 Å². The molecular formula is C21H26N2O2. The van der Waals surface area contributed by atoms with Gasteiger partial charge in [0.25, 0.3) is 0 Å². The molecule has 0 atom stereocenters. The van der Waals surface area contributed by atoms with Gasteiger partial charge in [0.15, 0.2) is 11.5 Å². The molecule has 1 aromatic heterocycles. The molecule has 25 heavy (non-hydrogen) atoms. The Bertz CT molecular complexity index is 868. The third kappa shape index (κ3) is 3.78. The Kier molecular flexibility index (Phi) is 5.27. The van der Waals surface area contributed by atoms with Gasteiger partial charge < -0.3 is 14.0 Å². The third-order valence-corrected chi connectivity index (χ3v) is 4.66. The van der Waals surface area contributed by atoms with E-state index in [1.807, 2.05) is 24.3 Å². The van der Waals surface area contributed by atoms with E-state index in [1.165, 1.54) is 16.6 Å². The van der Waals surface area contributed by atoms with Gasteiger partial charge in [-0.3, -0.25) is 0 Å². The van der Waals surface area contributed by atoms with Gasteiger partial charge >= 0.3 is 0 Å². The van der Waals surface area contributed by atoms with Crippen molar-refractivity contribution in [1.29, 1.82) is 0 Å². The van der Waals surface area contributed by atoms with E-state index in [0.717, 1.165) is 42.2 Å². The van der Waals surface area contributed by atoms with Gasteiger partial charge in [0.1, 0.15) is 5.82 Å². The summed E-state index contributed by atoms with van der Waals surface area (Å²) in [5.41, 5.74) is 4.92. The number of ether oxygens (including phenoxy) is 2. The second-order valence-electron chi connectivity index (χ2n) is 6.44. The molecule has 0 radical (unpaired) electrons. The average Bonchev–Trinajstić information content (AvgIpc) is 2.90. The highest BCUT2D eigenvalue weighted by atomic mass is 16.5. The van der Waals surface area contributed by atoms with E-state index in [0.29, 0.717) is 6.61 Å². The molecule has 4 nitrogen and oxygen atoms in total. The molecule has 3 rings (SSSR count). The zero-order valence-corrected chi connectivity index (χ0v) is 15.5. The Balaban J connectivity index is 1.58. The van der Waals surface area contributed by atoms with Crippen molar-refractivity contribution in [1.82, 2.24) is 9.55 Å². The number of hydrogen-bond acceptors (Lipinski definition) is 3. The van der Waals surface area contributed by atoms with E-state index < -0.39 is 0 Å². The molecule has 0 aliphatic rings. The summed E-state index contributed by atoms with van der Waals surface area (Å²) in [6.07, 6.45) is 2.04. The summed E-state index contributed by atoms with van der Waals surface area (Å²) in [7, 11) is 1.67. The number of nitrogens with zero attached hydrogens (tertiary/aromatic N) is 2. The number of hydrogen-bond donors (Lipinski definition) is 0. The first-order valence-corrected chi connectivity index (χ1v) is 8.80. The summed E-state index contributed by atoms with van der Waals surface area (Å²) in [6, 6.07) is 12.2. The topological polar surface area (TPSA) is 36.3 Å². The van der Waals surface area contributed by atoms with Crippen LogP contribution in [0.25, 0.3) is 11.0 Å². The minimum absolute atomic E-state index is 0.685. The van der Waals surface area contributed by atoms with Gasteiger partial charge in [-0.15, -0.1) is 0 Å². The summed E-state index contributed by atoms with van der Waals surface area (Å²) in [6.45, 7) is 8.02. The van der Waals surface area contributed by atoms with Crippen LogP contribution in [0, 0.1) is 20.8 Å².